The Hall–Kier alpha value is -3.56. The van der Waals surface area contributed by atoms with Gasteiger partial charge >= 0.3 is 0 Å². The van der Waals surface area contributed by atoms with Crippen LogP contribution in [0.4, 0.5) is 10.7 Å². The maximum Gasteiger partial charge on any atom is 0.290 e. The predicted molar refractivity (Wildman–Crippen MR) is 137 cm³/mol. The average Bonchev–Trinajstić information content (AvgIpc) is 3.20. The highest BCUT2D eigenvalue weighted by Gasteiger charge is 2.25. The third kappa shape index (κ3) is 5.93. The van der Waals surface area contributed by atoms with Crippen LogP contribution in [0.15, 0.2) is 66.0 Å². The van der Waals surface area contributed by atoms with Gasteiger partial charge in [-0.1, -0.05) is 30.3 Å². The Balaban J connectivity index is 1.14. The molecule has 2 aliphatic rings. The van der Waals surface area contributed by atoms with Gasteiger partial charge < -0.3 is 10.6 Å². The highest BCUT2D eigenvalue weighted by Crippen LogP contribution is 2.27. The molecule has 2 amide bonds. The standard InChI is InChI=1S/C26H26N6O2S/c33-24-23(35-26(34)32-24)14-21-11-13-28-25(31-21)30-20-9-7-19(8-10-20)29-16-18-4-1-2-6-22(18)17-5-3-12-27-15-17/h1-6,11-15,19-20,29H,7-10,16H2,(H,28,30,31)(H,32,33,34). The van der Waals surface area contributed by atoms with Gasteiger partial charge in [-0.15, -0.1) is 0 Å². The molecule has 1 aliphatic heterocycles. The summed E-state index contributed by atoms with van der Waals surface area (Å²) in [5, 5.41) is 9.06. The van der Waals surface area contributed by atoms with Crippen molar-refractivity contribution in [2.24, 2.45) is 0 Å². The molecular weight excluding hydrogens is 460 g/mol. The third-order valence-electron chi connectivity index (χ3n) is 6.23. The van der Waals surface area contributed by atoms with Gasteiger partial charge in [-0.05, 0) is 66.8 Å². The van der Waals surface area contributed by atoms with Crippen molar-refractivity contribution in [3.05, 3.63) is 77.2 Å². The van der Waals surface area contributed by atoms with Gasteiger partial charge in [-0.25, -0.2) is 9.97 Å². The minimum Gasteiger partial charge on any atom is -0.351 e. The van der Waals surface area contributed by atoms with E-state index in [0.717, 1.165) is 49.6 Å². The van der Waals surface area contributed by atoms with Crippen LogP contribution < -0.4 is 16.0 Å². The first-order valence-electron chi connectivity index (χ1n) is 11.7. The molecule has 3 N–H and O–H groups in total. The molecule has 1 saturated carbocycles. The zero-order chi connectivity index (χ0) is 24.0. The number of benzene rings is 1. The second kappa shape index (κ2) is 10.8. The molecular formula is C26H26N6O2S. The first-order chi connectivity index (χ1) is 17.1. The minimum absolute atomic E-state index is 0.296. The van der Waals surface area contributed by atoms with Gasteiger partial charge in [0.25, 0.3) is 11.1 Å². The van der Waals surface area contributed by atoms with E-state index in [1.165, 1.54) is 11.1 Å². The van der Waals surface area contributed by atoms with Crippen LogP contribution in [0.25, 0.3) is 17.2 Å². The summed E-state index contributed by atoms with van der Waals surface area (Å²) in [6.45, 7) is 0.821. The van der Waals surface area contributed by atoms with Gasteiger partial charge in [0.05, 0.1) is 10.6 Å². The molecule has 2 aromatic heterocycles. The van der Waals surface area contributed by atoms with E-state index in [4.69, 9.17) is 0 Å². The molecule has 0 bridgehead atoms. The lowest BCUT2D eigenvalue weighted by Gasteiger charge is -2.30. The summed E-state index contributed by atoms with van der Waals surface area (Å²) in [5.41, 5.74) is 4.22. The van der Waals surface area contributed by atoms with Gasteiger partial charge in [-0.2, -0.15) is 0 Å². The first-order valence-corrected chi connectivity index (χ1v) is 12.5. The van der Waals surface area contributed by atoms with E-state index in [1.54, 1.807) is 24.5 Å². The molecule has 178 valence electrons. The molecule has 0 unspecified atom stereocenters. The van der Waals surface area contributed by atoms with Gasteiger partial charge in [0.2, 0.25) is 5.95 Å². The highest BCUT2D eigenvalue weighted by atomic mass is 32.2. The van der Waals surface area contributed by atoms with E-state index in [0.29, 0.717) is 28.6 Å². The number of carbonyl (C=O) groups is 2. The fraction of sp³-hybridized carbons (Fsp3) is 0.269. The second-order valence-electron chi connectivity index (χ2n) is 8.63. The zero-order valence-corrected chi connectivity index (χ0v) is 19.9. The number of thioether (sulfide) groups is 1. The number of nitrogens with one attached hydrogen (secondary N) is 3. The van der Waals surface area contributed by atoms with Crippen molar-refractivity contribution in [3.63, 3.8) is 0 Å². The number of rotatable bonds is 7. The number of amides is 2. The summed E-state index contributed by atoms with van der Waals surface area (Å²) in [6, 6.07) is 15.0. The van der Waals surface area contributed by atoms with Crippen molar-refractivity contribution in [3.8, 4) is 11.1 Å². The van der Waals surface area contributed by atoms with Crippen molar-refractivity contribution < 1.29 is 9.59 Å². The lowest BCUT2D eigenvalue weighted by molar-refractivity contribution is -0.115. The topological polar surface area (TPSA) is 109 Å². The highest BCUT2D eigenvalue weighted by molar-refractivity contribution is 8.18. The van der Waals surface area contributed by atoms with E-state index >= 15 is 0 Å². The molecule has 1 aromatic carbocycles. The normalized spacial score (nSPS) is 21.2. The number of aromatic nitrogens is 3. The van der Waals surface area contributed by atoms with Crippen molar-refractivity contribution in [2.45, 2.75) is 44.3 Å². The van der Waals surface area contributed by atoms with Crippen molar-refractivity contribution in [1.82, 2.24) is 25.6 Å². The number of carbonyl (C=O) groups excluding carboxylic acids is 2. The fourth-order valence-electron chi connectivity index (χ4n) is 4.43. The molecule has 0 spiro atoms. The molecule has 5 rings (SSSR count). The Morgan fingerprint density at radius 1 is 1.00 bits per heavy atom. The SMILES string of the molecule is O=C1NC(=O)C(=Cc2ccnc(NC3CCC(NCc4ccccc4-c4cccnc4)CC3)n2)S1. The number of pyridine rings is 1. The van der Waals surface area contributed by atoms with Crippen molar-refractivity contribution >= 4 is 34.9 Å². The molecule has 3 aromatic rings. The fourth-order valence-corrected chi connectivity index (χ4v) is 5.10. The summed E-state index contributed by atoms with van der Waals surface area (Å²) in [5.74, 6) is 0.151. The van der Waals surface area contributed by atoms with Gasteiger partial charge in [-0.3, -0.25) is 19.9 Å². The van der Waals surface area contributed by atoms with E-state index in [9.17, 15) is 9.59 Å². The Kier molecular flexibility index (Phi) is 7.15. The van der Waals surface area contributed by atoms with Gasteiger partial charge in [0.15, 0.2) is 0 Å². The van der Waals surface area contributed by atoms with Crippen molar-refractivity contribution in [2.75, 3.05) is 5.32 Å². The van der Waals surface area contributed by atoms with E-state index in [-0.39, 0.29) is 11.1 Å². The van der Waals surface area contributed by atoms with Crippen LogP contribution in [-0.2, 0) is 11.3 Å². The second-order valence-corrected chi connectivity index (χ2v) is 9.64. The molecule has 35 heavy (non-hydrogen) atoms. The van der Waals surface area contributed by atoms with Crippen LogP contribution in [0, 0.1) is 0 Å². The molecule has 2 fully saturated rings. The number of imide groups is 1. The van der Waals surface area contributed by atoms with E-state index in [1.807, 2.05) is 12.3 Å². The molecule has 9 heteroatoms. The van der Waals surface area contributed by atoms with Crippen LogP contribution in [-0.4, -0.2) is 38.2 Å². The maximum absolute atomic E-state index is 11.8. The van der Waals surface area contributed by atoms with Crippen LogP contribution in [0.2, 0.25) is 0 Å². The summed E-state index contributed by atoms with van der Waals surface area (Å²) >= 11 is 0.883. The van der Waals surface area contributed by atoms with Crippen LogP contribution in [0.5, 0.6) is 0 Å². The lowest BCUT2D eigenvalue weighted by atomic mass is 9.91. The van der Waals surface area contributed by atoms with Gasteiger partial charge in [0, 0.05) is 42.8 Å². The first kappa shape index (κ1) is 23.2. The number of hydrogen-bond donors (Lipinski definition) is 3. The quantitative estimate of drug-likeness (QED) is 0.422. The summed E-state index contributed by atoms with van der Waals surface area (Å²) in [7, 11) is 0. The Bertz CT molecular complexity index is 1240. The lowest BCUT2D eigenvalue weighted by Crippen LogP contribution is -2.37. The summed E-state index contributed by atoms with van der Waals surface area (Å²) in [4.78, 5) is 36.6. The van der Waals surface area contributed by atoms with E-state index in [2.05, 4.69) is 61.2 Å². The average molecular weight is 487 g/mol. The molecule has 1 saturated heterocycles. The van der Waals surface area contributed by atoms with Crippen LogP contribution in [0.1, 0.15) is 36.9 Å². The van der Waals surface area contributed by atoms with Gasteiger partial charge in [0.1, 0.15) is 0 Å². The molecule has 3 heterocycles. The predicted octanol–water partition coefficient (Wildman–Crippen LogP) is 4.38. The summed E-state index contributed by atoms with van der Waals surface area (Å²) < 4.78 is 0. The van der Waals surface area contributed by atoms with E-state index < -0.39 is 0 Å². The van der Waals surface area contributed by atoms with Crippen LogP contribution in [0.3, 0.4) is 0 Å². The molecule has 8 nitrogen and oxygen atoms in total. The Morgan fingerprint density at radius 3 is 2.60 bits per heavy atom. The number of nitrogens with zero attached hydrogens (tertiary/aromatic N) is 3. The smallest absolute Gasteiger partial charge is 0.290 e. The molecule has 0 atom stereocenters. The minimum atomic E-state index is -0.387. The van der Waals surface area contributed by atoms with Crippen LogP contribution >= 0.6 is 11.8 Å². The molecule has 1 aliphatic carbocycles. The number of anilines is 1. The monoisotopic (exact) mass is 486 g/mol. The third-order valence-corrected chi connectivity index (χ3v) is 7.04. The zero-order valence-electron chi connectivity index (χ0n) is 19.1. The maximum atomic E-state index is 11.8. The van der Waals surface area contributed by atoms with Crippen molar-refractivity contribution in [1.29, 1.82) is 0 Å². The largest absolute Gasteiger partial charge is 0.351 e. The number of hydrogen-bond acceptors (Lipinski definition) is 8. The molecule has 0 radical (unpaired) electrons. The Labute approximate surface area is 208 Å². The Morgan fingerprint density at radius 2 is 1.83 bits per heavy atom. The summed E-state index contributed by atoms with van der Waals surface area (Å²) in [6.07, 6.45) is 11.1.